The van der Waals surface area contributed by atoms with Crippen LogP contribution in [0.4, 0.5) is 0 Å². The number of carboxylic acids is 1. The Morgan fingerprint density at radius 2 is 2.09 bits per heavy atom. The molecule has 0 radical (unpaired) electrons. The normalized spacial score (nSPS) is 17.3. The summed E-state index contributed by atoms with van der Waals surface area (Å²) in [6, 6.07) is 5.79. The Hall–Kier alpha value is -2.30. The van der Waals surface area contributed by atoms with Gasteiger partial charge in [0.15, 0.2) is 0 Å². The smallest absolute Gasteiger partial charge is 0.337 e. The van der Waals surface area contributed by atoms with Gasteiger partial charge in [0.1, 0.15) is 0 Å². The lowest BCUT2D eigenvalue weighted by Gasteiger charge is -2.15. The van der Waals surface area contributed by atoms with Crippen molar-refractivity contribution in [2.75, 3.05) is 7.11 Å². The number of methoxy groups -OCH3 is 1. The Bertz CT molecular complexity index is 758. The lowest BCUT2D eigenvalue weighted by atomic mass is 10.1. The van der Waals surface area contributed by atoms with Crippen LogP contribution >= 0.6 is 0 Å². The van der Waals surface area contributed by atoms with Gasteiger partial charge in [-0.1, -0.05) is 6.07 Å². The molecule has 0 aliphatic heterocycles. The molecule has 0 unspecified atom stereocenters. The number of pyridine rings is 1. The maximum Gasteiger partial charge on any atom is 0.337 e. The maximum absolute atomic E-state index is 11.7. The van der Waals surface area contributed by atoms with E-state index in [2.05, 4.69) is 9.55 Å². The van der Waals surface area contributed by atoms with Crippen molar-refractivity contribution in [1.29, 1.82) is 0 Å². The molecule has 2 aliphatic rings. The summed E-state index contributed by atoms with van der Waals surface area (Å²) in [4.78, 5) is 16.0. The van der Waals surface area contributed by atoms with E-state index in [1.54, 1.807) is 13.3 Å². The van der Waals surface area contributed by atoms with Crippen LogP contribution in [0.25, 0.3) is 0 Å². The number of hydrogen-bond donors (Lipinski definition) is 1. The number of nitrogens with zero attached hydrogens (tertiary/aromatic N) is 2. The van der Waals surface area contributed by atoms with Crippen LogP contribution in [0.5, 0.6) is 5.88 Å². The molecule has 2 aromatic heterocycles. The molecule has 5 heteroatoms. The van der Waals surface area contributed by atoms with E-state index in [1.807, 2.05) is 18.2 Å². The molecule has 2 fully saturated rings. The summed E-state index contributed by atoms with van der Waals surface area (Å²) in [6.07, 6.45) is 6.18. The molecule has 1 N–H and O–H groups in total. The first-order chi connectivity index (χ1) is 11.2. The highest BCUT2D eigenvalue weighted by Crippen LogP contribution is 2.48. The number of aromatic carboxylic acids is 1. The molecule has 0 aromatic carbocycles. The van der Waals surface area contributed by atoms with E-state index in [0.29, 0.717) is 29.8 Å². The molecule has 120 valence electrons. The van der Waals surface area contributed by atoms with Gasteiger partial charge in [-0.3, -0.25) is 0 Å². The second-order valence-corrected chi connectivity index (χ2v) is 6.48. The van der Waals surface area contributed by atoms with Gasteiger partial charge in [0.25, 0.3) is 0 Å². The number of rotatable bonds is 6. The van der Waals surface area contributed by atoms with Gasteiger partial charge in [-0.15, -0.1) is 0 Å². The van der Waals surface area contributed by atoms with Gasteiger partial charge in [0.2, 0.25) is 5.88 Å². The fourth-order valence-electron chi connectivity index (χ4n) is 3.34. The molecule has 0 bridgehead atoms. The predicted octanol–water partition coefficient (Wildman–Crippen LogP) is 3.39. The quantitative estimate of drug-likeness (QED) is 0.888. The lowest BCUT2D eigenvalue weighted by Crippen LogP contribution is -2.10. The fourth-order valence-corrected chi connectivity index (χ4v) is 3.34. The molecule has 4 rings (SSSR count). The third-order valence-corrected chi connectivity index (χ3v) is 4.73. The minimum absolute atomic E-state index is 0.385. The average Bonchev–Trinajstić information content (AvgIpc) is 3.46. The van der Waals surface area contributed by atoms with Crippen molar-refractivity contribution >= 4 is 5.97 Å². The Morgan fingerprint density at radius 3 is 2.70 bits per heavy atom. The van der Waals surface area contributed by atoms with Crippen molar-refractivity contribution in [3.8, 4) is 5.88 Å². The van der Waals surface area contributed by atoms with E-state index in [4.69, 9.17) is 4.74 Å². The fraction of sp³-hybridized carbons (Fsp3) is 0.444. The number of aromatic nitrogens is 2. The molecule has 2 heterocycles. The molecule has 2 aliphatic carbocycles. The summed E-state index contributed by atoms with van der Waals surface area (Å²) in [5.74, 6) is 0.687. The minimum atomic E-state index is -0.814. The van der Waals surface area contributed by atoms with Crippen molar-refractivity contribution < 1.29 is 14.6 Å². The van der Waals surface area contributed by atoms with Crippen LogP contribution in [0.2, 0.25) is 0 Å². The van der Waals surface area contributed by atoms with Gasteiger partial charge < -0.3 is 14.4 Å². The average molecular weight is 312 g/mol. The zero-order valence-electron chi connectivity index (χ0n) is 13.2. The first-order valence-electron chi connectivity index (χ1n) is 8.13. The van der Waals surface area contributed by atoms with Gasteiger partial charge in [-0.25, -0.2) is 9.78 Å². The van der Waals surface area contributed by atoms with Crippen LogP contribution in [-0.2, 0) is 6.54 Å². The van der Waals surface area contributed by atoms with Crippen LogP contribution in [0, 0.1) is 0 Å². The molecule has 5 nitrogen and oxygen atoms in total. The standard InChI is InChI=1S/C18H20N2O3/c1-23-17-13(3-2-8-19-17)10-20-15(11-4-5-11)9-14(18(21)22)16(20)12-6-7-12/h2-3,8-9,11-12H,4-7,10H2,1H3,(H,21,22). The van der Waals surface area contributed by atoms with E-state index in [1.165, 1.54) is 0 Å². The van der Waals surface area contributed by atoms with Gasteiger partial charge >= 0.3 is 5.97 Å². The SMILES string of the molecule is COc1ncccc1Cn1c(C2CC2)cc(C(=O)O)c1C1CC1. The van der Waals surface area contributed by atoms with Gasteiger partial charge in [0.05, 0.1) is 19.2 Å². The van der Waals surface area contributed by atoms with Gasteiger partial charge in [-0.2, -0.15) is 0 Å². The monoisotopic (exact) mass is 312 g/mol. The van der Waals surface area contributed by atoms with E-state index in [9.17, 15) is 9.90 Å². The molecular weight excluding hydrogens is 292 g/mol. The molecular formula is C18H20N2O3. The van der Waals surface area contributed by atoms with Crippen molar-refractivity contribution in [3.63, 3.8) is 0 Å². The Labute approximate surface area is 134 Å². The van der Waals surface area contributed by atoms with Crippen LogP contribution in [-0.4, -0.2) is 27.7 Å². The van der Waals surface area contributed by atoms with Crippen molar-refractivity contribution in [1.82, 2.24) is 9.55 Å². The summed E-state index contributed by atoms with van der Waals surface area (Å²) in [6.45, 7) is 0.627. The zero-order chi connectivity index (χ0) is 16.0. The van der Waals surface area contributed by atoms with Crippen molar-refractivity contribution in [2.24, 2.45) is 0 Å². The summed E-state index contributed by atoms with van der Waals surface area (Å²) < 4.78 is 7.58. The highest BCUT2D eigenvalue weighted by atomic mass is 16.5. The van der Waals surface area contributed by atoms with Gasteiger partial charge in [0, 0.05) is 29.1 Å². The number of ether oxygens (including phenoxy) is 1. The summed E-state index contributed by atoms with van der Waals surface area (Å²) >= 11 is 0. The molecule has 0 atom stereocenters. The number of hydrogen-bond acceptors (Lipinski definition) is 3. The topological polar surface area (TPSA) is 64.4 Å². The highest BCUT2D eigenvalue weighted by Gasteiger charge is 2.37. The Morgan fingerprint density at radius 1 is 1.35 bits per heavy atom. The number of carbonyl (C=O) groups is 1. The second kappa shape index (κ2) is 5.41. The summed E-state index contributed by atoms with van der Waals surface area (Å²) in [7, 11) is 1.62. The molecule has 23 heavy (non-hydrogen) atoms. The van der Waals surface area contributed by atoms with E-state index >= 15 is 0 Å². The first-order valence-corrected chi connectivity index (χ1v) is 8.13. The van der Waals surface area contributed by atoms with E-state index in [0.717, 1.165) is 42.6 Å². The van der Waals surface area contributed by atoms with Crippen LogP contribution in [0.3, 0.4) is 0 Å². The molecule has 0 saturated heterocycles. The lowest BCUT2D eigenvalue weighted by molar-refractivity contribution is 0.0695. The third-order valence-electron chi connectivity index (χ3n) is 4.73. The van der Waals surface area contributed by atoms with Crippen LogP contribution in [0.1, 0.15) is 64.8 Å². The maximum atomic E-state index is 11.7. The summed E-state index contributed by atoms with van der Waals surface area (Å²) in [5, 5.41) is 9.60. The first kappa shape index (κ1) is 14.3. The molecule has 0 spiro atoms. The van der Waals surface area contributed by atoms with E-state index in [-0.39, 0.29) is 0 Å². The van der Waals surface area contributed by atoms with E-state index < -0.39 is 5.97 Å². The minimum Gasteiger partial charge on any atom is -0.481 e. The van der Waals surface area contributed by atoms with Crippen LogP contribution < -0.4 is 4.74 Å². The Kier molecular flexibility index (Phi) is 3.36. The van der Waals surface area contributed by atoms with Crippen LogP contribution in [0.15, 0.2) is 24.4 Å². The summed E-state index contributed by atoms with van der Waals surface area (Å²) in [5.41, 5.74) is 3.63. The predicted molar refractivity (Wildman–Crippen MR) is 85.2 cm³/mol. The second-order valence-electron chi connectivity index (χ2n) is 6.48. The molecule has 0 amide bonds. The zero-order valence-corrected chi connectivity index (χ0v) is 13.2. The third kappa shape index (κ3) is 2.60. The van der Waals surface area contributed by atoms with Gasteiger partial charge in [-0.05, 0) is 43.7 Å². The Balaban J connectivity index is 1.81. The molecule has 2 aromatic rings. The van der Waals surface area contributed by atoms with Crippen molar-refractivity contribution in [3.05, 3.63) is 46.9 Å². The highest BCUT2D eigenvalue weighted by molar-refractivity contribution is 5.90. The molecule has 2 saturated carbocycles. The number of carboxylic acid groups (broad SMARTS) is 1. The largest absolute Gasteiger partial charge is 0.481 e. The van der Waals surface area contributed by atoms with Crippen molar-refractivity contribution in [2.45, 2.75) is 44.1 Å².